The van der Waals surface area contributed by atoms with E-state index < -0.39 is 11.6 Å². The molecular weight excluding hydrogens is 362 g/mol. The summed E-state index contributed by atoms with van der Waals surface area (Å²) in [6.07, 6.45) is 4.61. The molecule has 0 unspecified atom stereocenters. The van der Waals surface area contributed by atoms with Crippen molar-refractivity contribution in [1.29, 1.82) is 0 Å². The van der Waals surface area contributed by atoms with Gasteiger partial charge in [0.15, 0.2) is 0 Å². The maximum Gasteiger partial charge on any atom is 0.251 e. The smallest absolute Gasteiger partial charge is 0.251 e. The summed E-state index contributed by atoms with van der Waals surface area (Å²) < 4.78 is 32.3. The fraction of sp³-hybridized carbons (Fsp3) is 0.182. The summed E-state index contributed by atoms with van der Waals surface area (Å²) in [7, 11) is 0. The number of nitrogens with zero attached hydrogens (tertiary/aromatic N) is 1. The Kier molecular flexibility index (Phi) is 5.02. The monoisotopic (exact) mass is 380 g/mol. The van der Waals surface area contributed by atoms with Crippen molar-refractivity contribution in [1.82, 2.24) is 10.3 Å². The van der Waals surface area contributed by atoms with Crippen LogP contribution in [-0.2, 0) is 0 Å². The molecule has 1 aliphatic carbocycles. The minimum atomic E-state index is -0.573. The van der Waals surface area contributed by atoms with Crippen LogP contribution in [0.3, 0.4) is 0 Å². The molecule has 1 N–H and O–H groups in total. The number of benzene rings is 2. The second-order valence-corrected chi connectivity index (χ2v) is 6.85. The van der Waals surface area contributed by atoms with Crippen molar-refractivity contribution < 1.29 is 18.3 Å². The van der Waals surface area contributed by atoms with Crippen molar-refractivity contribution in [3.63, 3.8) is 0 Å². The maximum atomic E-state index is 13.3. The van der Waals surface area contributed by atoms with Crippen molar-refractivity contribution in [3.05, 3.63) is 89.8 Å². The Labute approximate surface area is 161 Å². The van der Waals surface area contributed by atoms with Gasteiger partial charge in [0, 0.05) is 30.1 Å². The molecule has 1 saturated carbocycles. The third-order valence-electron chi connectivity index (χ3n) is 4.83. The first-order valence-corrected chi connectivity index (χ1v) is 9.01. The van der Waals surface area contributed by atoms with E-state index in [0.717, 1.165) is 6.07 Å². The molecule has 0 spiro atoms. The summed E-state index contributed by atoms with van der Waals surface area (Å²) in [5, 5.41) is 2.96. The van der Waals surface area contributed by atoms with Gasteiger partial charge in [-0.1, -0.05) is 0 Å². The van der Waals surface area contributed by atoms with E-state index in [1.807, 2.05) is 0 Å². The predicted molar refractivity (Wildman–Crippen MR) is 100 cm³/mol. The number of nitrogens with one attached hydrogen (secondary N) is 1. The summed E-state index contributed by atoms with van der Waals surface area (Å²) in [4.78, 5) is 16.3. The van der Waals surface area contributed by atoms with Gasteiger partial charge in [-0.25, -0.2) is 8.78 Å². The fourth-order valence-electron chi connectivity index (χ4n) is 3.30. The highest BCUT2D eigenvalue weighted by molar-refractivity contribution is 5.94. The molecule has 0 aliphatic heterocycles. The molecule has 6 heteroatoms. The van der Waals surface area contributed by atoms with Gasteiger partial charge in [0.25, 0.3) is 5.91 Å². The lowest BCUT2D eigenvalue weighted by Crippen LogP contribution is -2.43. The van der Waals surface area contributed by atoms with Crippen LogP contribution in [0.25, 0.3) is 0 Å². The van der Waals surface area contributed by atoms with Crippen molar-refractivity contribution in [3.8, 4) is 11.5 Å². The van der Waals surface area contributed by atoms with Crippen molar-refractivity contribution in [2.24, 2.45) is 0 Å². The molecule has 3 aromatic rings. The van der Waals surface area contributed by atoms with Gasteiger partial charge in [0.05, 0.1) is 0 Å². The topological polar surface area (TPSA) is 51.2 Å². The van der Waals surface area contributed by atoms with Gasteiger partial charge in [-0.05, 0) is 72.9 Å². The van der Waals surface area contributed by atoms with Crippen molar-refractivity contribution >= 4 is 5.91 Å². The number of rotatable bonds is 5. The molecule has 142 valence electrons. The zero-order valence-electron chi connectivity index (χ0n) is 14.9. The lowest BCUT2D eigenvalue weighted by atomic mass is 9.75. The number of aromatic nitrogens is 1. The van der Waals surface area contributed by atoms with Crippen LogP contribution in [0, 0.1) is 11.6 Å². The van der Waals surface area contributed by atoms with E-state index in [4.69, 9.17) is 4.74 Å². The number of carbonyl (C=O) groups is 1. The molecule has 1 amide bonds. The second-order valence-electron chi connectivity index (χ2n) is 6.85. The third kappa shape index (κ3) is 4.17. The predicted octanol–water partition coefficient (Wildman–Crippen LogP) is 4.83. The van der Waals surface area contributed by atoms with Crippen molar-refractivity contribution in [2.75, 3.05) is 0 Å². The highest BCUT2D eigenvalue weighted by Crippen LogP contribution is 2.37. The third-order valence-corrected chi connectivity index (χ3v) is 4.83. The minimum Gasteiger partial charge on any atom is -0.457 e. The van der Waals surface area contributed by atoms with Crippen LogP contribution < -0.4 is 10.1 Å². The van der Waals surface area contributed by atoms with Crippen LogP contribution in [-0.4, -0.2) is 16.9 Å². The first-order valence-electron chi connectivity index (χ1n) is 9.01. The van der Waals surface area contributed by atoms with Gasteiger partial charge in [-0.3, -0.25) is 9.78 Å². The molecule has 0 radical (unpaired) electrons. The molecule has 4 nitrogen and oxygen atoms in total. The number of ether oxygens (including phenoxy) is 1. The Morgan fingerprint density at radius 1 is 0.929 bits per heavy atom. The molecule has 1 fully saturated rings. The Balaban J connectivity index is 1.31. The van der Waals surface area contributed by atoms with Gasteiger partial charge in [-0.15, -0.1) is 0 Å². The van der Waals surface area contributed by atoms with Gasteiger partial charge >= 0.3 is 0 Å². The average molecular weight is 380 g/mol. The van der Waals surface area contributed by atoms with E-state index in [9.17, 15) is 13.6 Å². The Hall–Kier alpha value is -3.28. The standard InChI is InChI=1S/C22H18F2N2O2/c23-17-9-15(10-18(24)13-17)16-11-19(12-16)26-22(27)14-1-3-20(4-2-14)28-21-5-7-25-8-6-21/h1-10,13,16,19H,11-12H2,(H,26,27). The molecule has 0 bridgehead atoms. The van der Waals surface area contributed by atoms with E-state index in [-0.39, 0.29) is 17.9 Å². The number of amides is 1. The van der Waals surface area contributed by atoms with Crippen LogP contribution in [0.1, 0.15) is 34.7 Å². The minimum absolute atomic E-state index is 0.00317. The van der Waals surface area contributed by atoms with E-state index >= 15 is 0 Å². The van der Waals surface area contributed by atoms with Gasteiger partial charge in [0.1, 0.15) is 23.1 Å². The molecule has 2 aromatic carbocycles. The van der Waals surface area contributed by atoms with Crippen LogP contribution in [0.15, 0.2) is 67.0 Å². The molecule has 1 aromatic heterocycles. The molecule has 28 heavy (non-hydrogen) atoms. The molecule has 1 aliphatic rings. The van der Waals surface area contributed by atoms with Crippen LogP contribution in [0.5, 0.6) is 11.5 Å². The van der Waals surface area contributed by atoms with E-state index in [0.29, 0.717) is 35.5 Å². The first-order chi connectivity index (χ1) is 13.6. The van der Waals surface area contributed by atoms with Crippen LogP contribution in [0.2, 0.25) is 0 Å². The maximum absolute atomic E-state index is 13.3. The van der Waals surface area contributed by atoms with Gasteiger partial charge < -0.3 is 10.1 Å². The largest absolute Gasteiger partial charge is 0.457 e. The molecule has 0 atom stereocenters. The number of halogens is 2. The first kappa shape index (κ1) is 18.1. The Morgan fingerprint density at radius 2 is 1.54 bits per heavy atom. The van der Waals surface area contributed by atoms with E-state index in [2.05, 4.69) is 10.3 Å². The van der Waals surface area contributed by atoms with Crippen LogP contribution >= 0.6 is 0 Å². The normalized spacial score (nSPS) is 18.2. The Bertz CT molecular complexity index is 951. The fourth-order valence-corrected chi connectivity index (χ4v) is 3.30. The summed E-state index contributed by atoms with van der Waals surface area (Å²) in [5.74, 6) is 0.0326. The summed E-state index contributed by atoms with van der Waals surface area (Å²) >= 11 is 0. The number of hydrogen-bond acceptors (Lipinski definition) is 3. The molecule has 4 rings (SSSR count). The lowest BCUT2D eigenvalue weighted by Gasteiger charge is -2.36. The average Bonchev–Trinajstić information content (AvgIpc) is 2.65. The van der Waals surface area contributed by atoms with E-state index in [1.54, 1.807) is 48.8 Å². The van der Waals surface area contributed by atoms with E-state index in [1.165, 1.54) is 12.1 Å². The number of carbonyl (C=O) groups excluding carboxylic acids is 1. The second kappa shape index (κ2) is 7.76. The summed E-state index contributed by atoms with van der Waals surface area (Å²) in [5.41, 5.74) is 1.17. The summed E-state index contributed by atoms with van der Waals surface area (Å²) in [6.45, 7) is 0. The quantitative estimate of drug-likeness (QED) is 0.690. The Morgan fingerprint density at radius 3 is 2.18 bits per heavy atom. The summed E-state index contributed by atoms with van der Waals surface area (Å²) in [6, 6.07) is 13.9. The molecule has 0 saturated heterocycles. The zero-order valence-corrected chi connectivity index (χ0v) is 14.9. The molecule has 1 heterocycles. The number of pyridine rings is 1. The lowest BCUT2D eigenvalue weighted by molar-refractivity contribution is 0.0908. The highest BCUT2D eigenvalue weighted by Gasteiger charge is 2.32. The van der Waals surface area contributed by atoms with Crippen LogP contribution in [0.4, 0.5) is 8.78 Å². The SMILES string of the molecule is O=C(NC1CC(c2cc(F)cc(F)c2)C1)c1ccc(Oc2ccncc2)cc1. The number of hydrogen-bond donors (Lipinski definition) is 1. The van der Waals surface area contributed by atoms with Gasteiger partial charge in [-0.2, -0.15) is 0 Å². The highest BCUT2D eigenvalue weighted by atomic mass is 19.1. The molecular formula is C22H18F2N2O2. The van der Waals surface area contributed by atoms with Gasteiger partial charge in [0.2, 0.25) is 0 Å². The van der Waals surface area contributed by atoms with Crippen molar-refractivity contribution in [2.45, 2.75) is 24.8 Å². The zero-order chi connectivity index (χ0) is 19.5.